The highest BCUT2D eigenvalue weighted by Gasteiger charge is 2.33. The molecule has 0 saturated heterocycles. The number of hydrogen-bond donors (Lipinski definition) is 1. The molecular weight excluding hydrogens is 308 g/mol. The molecule has 4 heteroatoms. The van der Waals surface area contributed by atoms with E-state index in [1.807, 2.05) is 61.6 Å². The van der Waals surface area contributed by atoms with Crippen molar-refractivity contribution >= 4 is 17.6 Å². The first-order chi connectivity index (χ1) is 11.1. The Labute approximate surface area is 142 Å². The van der Waals surface area contributed by atoms with Crippen molar-refractivity contribution in [3.8, 4) is 0 Å². The first kappa shape index (κ1) is 15.9. The maximum Gasteiger partial charge on any atom is 0.317 e. The van der Waals surface area contributed by atoms with Crippen molar-refractivity contribution in [2.45, 2.75) is 25.4 Å². The summed E-state index contributed by atoms with van der Waals surface area (Å²) in [5.41, 5.74) is 2.25. The third-order valence-corrected chi connectivity index (χ3v) is 4.46. The van der Waals surface area contributed by atoms with Gasteiger partial charge in [0.05, 0.1) is 6.04 Å². The minimum Gasteiger partial charge on any atom is -0.331 e. The van der Waals surface area contributed by atoms with Gasteiger partial charge in [-0.1, -0.05) is 54.1 Å². The molecule has 3 nitrogen and oxygen atoms in total. The van der Waals surface area contributed by atoms with E-state index < -0.39 is 0 Å². The molecule has 1 aliphatic carbocycles. The van der Waals surface area contributed by atoms with Crippen LogP contribution >= 0.6 is 11.6 Å². The van der Waals surface area contributed by atoms with Crippen LogP contribution in [0, 0.1) is 5.92 Å². The molecule has 1 aliphatic rings. The van der Waals surface area contributed by atoms with Crippen molar-refractivity contribution in [1.29, 1.82) is 0 Å². The van der Waals surface area contributed by atoms with Gasteiger partial charge in [-0.3, -0.25) is 0 Å². The molecule has 2 amide bonds. The van der Waals surface area contributed by atoms with Gasteiger partial charge in [0.15, 0.2) is 0 Å². The van der Waals surface area contributed by atoms with E-state index in [-0.39, 0.29) is 12.1 Å². The molecule has 0 aliphatic heterocycles. The molecule has 23 heavy (non-hydrogen) atoms. The van der Waals surface area contributed by atoms with E-state index in [0.717, 1.165) is 29.0 Å². The predicted molar refractivity (Wildman–Crippen MR) is 93.4 cm³/mol. The van der Waals surface area contributed by atoms with Crippen LogP contribution in [0.15, 0.2) is 54.6 Å². The zero-order valence-electron chi connectivity index (χ0n) is 13.2. The Kier molecular flexibility index (Phi) is 4.87. The molecule has 1 fully saturated rings. The summed E-state index contributed by atoms with van der Waals surface area (Å²) in [5.74, 6) is 0.533. The van der Waals surface area contributed by atoms with Crippen LogP contribution in [-0.2, 0) is 6.54 Å². The SMILES string of the molecule is CN(Cc1ccccc1)C(=O)NC(c1ccc(Cl)cc1)C1CC1. The Morgan fingerprint density at radius 2 is 1.83 bits per heavy atom. The molecule has 0 radical (unpaired) electrons. The highest BCUT2D eigenvalue weighted by Crippen LogP contribution is 2.41. The fourth-order valence-corrected chi connectivity index (χ4v) is 2.87. The number of carbonyl (C=O) groups excluding carboxylic acids is 1. The molecule has 1 unspecified atom stereocenters. The lowest BCUT2D eigenvalue weighted by Gasteiger charge is -2.24. The van der Waals surface area contributed by atoms with Crippen molar-refractivity contribution in [3.05, 3.63) is 70.7 Å². The molecule has 0 spiro atoms. The van der Waals surface area contributed by atoms with Gasteiger partial charge in [0.25, 0.3) is 0 Å². The number of halogens is 1. The maximum atomic E-state index is 12.5. The Morgan fingerprint density at radius 1 is 1.17 bits per heavy atom. The number of urea groups is 1. The smallest absolute Gasteiger partial charge is 0.317 e. The van der Waals surface area contributed by atoms with Gasteiger partial charge in [-0.05, 0) is 42.0 Å². The van der Waals surface area contributed by atoms with Crippen molar-refractivity contribution < 1.29 is 4.79 Å². The van der Waals surface area contributed by atoms with E-state index in [1.54, 1.807) is 4.90 Å². The summed E-state index contributed by atoms with van der Waals surface area (Å²) < 4.78 is 0. The van der Waals surface area contributed by atoms with Crippen LogP contribution < -0.4 is 5.32 Å². The highest BCUT2D eigenvalue weighted by atomic mass is 35.5. The monoisotopic (exact) mass is 328 g/mol. The number of carbonyl (C=O) groups is 1. The van der Waals surface area contributed by atoms with Gasteiger partial charge in [0.2, 0.25) is 0 Å². The van der Waals surface area contributed by atoms with Gasteiger partial charge in [-0.25, -0.2) is 4.79 Å². The second-order valence-corrected chi connectivity index (χ2v) is 6.59. The molecule has 0 aromatic heterocycles. The summed E-state index contributed by atoms with van der Waals surface area (Å²) in [7, 11) is 1.83. The minimum atomic E-state index is -0.0410. The van der Waals surface area contributed by atoms with Crippen LogP contribution in [0.4, 0.5) is 4.79 Å². The minimum absolute atomic E-state index is 0.0410. The Balaban J connectivity index is 1.65. The molecule has 2 aromatic carbocycles. The third kappa shape index (κ3) is 4.26. The number of nitrogens with one attached hydrogen (secondary N) is 1. The van der Waals surface area contributed by atoms with Crippen molar-refractivity contribution in [3.63, 3.8) is 0 Å². The average molecular weight is 329 g/mol. The van der Waals surface area contributed by atoms with E-state index in [2.05, 4.69) is 5.32 Å². The quantitative estimate of drug-likeness (QED) is 0.852. The maximum absolute atomic E-state index is 12.5. The van der Waals surface area contributed by atoms with Crippen molar-refractivity contribution in [2.75, 3.05) is 7.05 Å². The molecule has 1 N–H and O–H groups in total. The topological polar surface area (TPSA) is 32.3 Å². The molecule has 0 heterocycles. The average Bonchev–Trinajstić information content (AvgIpc) is 3.39. The van der Waals surface area contributed by atoms with Gasteiger partial charge >= 0.3 is 6.03 Å². The van der Waals surface area contributed by atoms with Crippen LogP contribution in [0.25, 0.3) is 0 Å². The molecule has 3 rings (SSSR count). The van der Waals surface area contributed by atoms with Crippen LogP contribution in [0.2, 0.25) is 5.02 Å². The molecule has 2 aromatic rings. The summed E-state index contributed by atoms with van der Waals surface area (Å²) >= 11 is 5.96. The normalized spacial score (nSPS) is 15.0. The zero-order chi connectivity index (χ0) is 16.2. The fraction of sp³-hybridized carbons (Fsp3) is 0.316. The Bertz CT molecular complexity index is 653. The van der Waals surface area contributed by atoms with Gasteiger partial charge < -0.3 is 10.2 Å². The van der Waals surface area contributed by atoms with E-state index in [4.69, 9.17) is 11.6 Å². The molecule has 1 saturated carbocycles. The van der Waals surface area contributed by atoms with Crippen LogP contribution in [0.1, 0.15) is 30.0 Å². The number of hydrogen-bond acceptors (Lipinski definition) is 1. The van der Waals surface area contributed by atoms with Crippen LogP contribution in [0.3, 0.4) is 0 Å². The highest BCUT2D eigenvalue weighted by molar-refractivity contribution is 6.30. The van der Waals surface area contributed by atoms with E-state index in [0.29, 0.717) is 12.5 Å². The third-order valence-electron chi connectivity index (χ3n) is 4.21. The zero-order valence-corrected chi connectivity index (χ0v) is 14.0. The summed E-state index contributed by atoms with van der Waals surface area (Å²) in [6.45, 7) is 0.602. The number of benzene rings is 2. The van der Waals surface area contributed by atoms with Gasteiger partial charge in [-0.2, -0.15) is 0 Å². The van der Waals surface area contributed by atoms with Crippen LogP contribution in [0.5, 0.6) is 0 Å². The summed E-state index contributed by atoms with van der Waals surface area (Å²) in [6.07, 6.45) is 2.33. The van der Waals surface area contributed by atoms with E-state index in [1.165, 1.54) is 0 Å². The first-order valence-electron chi connectivity index (χ1n) is 7.94. The standard InChI is InChI=1S/C19H21ClN2O/c1-22(13-14-5-3-2-4-6-14)19(23)21-18(15-7-8-15)16-9-11-17(20)12-10-16/h2-6,9-12,15,18H,7-8,13H2,1H3,(H,21,23). The molecule has 1 atom stereocenters. The second-order valence-electron chi connectivity index (χ2n) is 6.16. The van der Waals surface area contributed by atoms with E-state index in [9.17, 15) is 4.79 Å². The summed E-state index contributed by atoms with van der Waals surface area (Å²) in [5, 5.41) is 3.90. The summed E-state index contributed by atoms with van der Waals surface area (Å²) in [4.78, 5) is 14.2. The van der Waals surface area contributed by atoms with Crippen molar-refractivity contribution in [2.24, 2.45) is 5.92 Å². The van der Waals surface area contributed by atoms with Gasteiger partial charge in [0.1, 0.15) is 0 Å². The van der Waals surface area contributed by atoms with Gasteiger partial charge in [0, 0.05) is 18.6 Å². The summed E-state index contributed by atoms with van der Waals surface area (Å²) in [6, 6.07) is 17.8. The fourth-order valence-electron chi connectivity index (χ4n) is 2.75. The lowest BCUT2D eigenvalue weighted by atomic mass is 10.0. The van der Waals surface area contributed by atoms with Gasteiger partial charge in [-0.15, -0.1) is 0 Å². The van der Waals surface area contributed by atoms with E-state index >= 15 is 0 Å². The molecule has 0 bridgehead atoms. The van der Waals surface area contributed by atoms with Crippen LogP contribution in [-0.4, -0.2) is 18.0 Å². The first-order valence-corrected chi connectivity index (χ1v) is 8.32. The number of amides is 2. The number of nitrogens with zero attached hydrogens (tertiary/aromatic N) is 1. The lowest BCUT2D eigenvalue weighted by molar-refractivity contribution is 0.201. The number of rotatable bonds is 5. The lowest BCUT2D eigenvalue weighted by Crippen LogP contribution is -2.39. The largest absolute Gasteiger partial charge is 0.331 e. The predicted octanol–water partition coefficient (Wildman–Crippen LogP) is 4.63. The Hall–Kier alpha value is -2.00. The molecular formula is C19H21ClN2O. The second kappa shape index (κ2) is 7.05. The Morgan fingerprint density at radius 3 is 2.43 bits per heavy atom. The molecule has 120 valence electrons. The van der Waals surface area contributed by atoms with Crippen molar-refractivity contribution in [1.82, 2.24) is 10.2 Å².